The van der Waals surface area contributed by atoms with E-state index in [1.54, 1.807) is 21.7 Å². The second kappa shape index (κ2) is 9.13. The fourth-order valence-corrected chi connectivity index (χ4v) is 4.65. The first-order chi connectivity index (χ1) is 14.2. The summed E-state index contributed by atoms with van der Waals surface area (Å²) in [5.41, 5.74) is 2.91. The highest BCUT2D eigenvalue weighted by atomic mass is 32.1. The van der Waals surface area contributed by atoms with Crippen LogP contribution in [0, 0.1) is 5.92 Å². The van der Waals surface area contributed by atoms with E-state index in [-0.39, 0.29) is 6.04 Å². The number of nitrogens with zero attached hydrogens (tertiary/aromatic N) is 3. The van der Waals surface area contributed by atoms with Gasteiger partial charge in [-0.15, -0.1) is 11.3 Å². The van der Waals surface area contributed by atoms with Gasteiger partial charge in [-0.3, -0.25) is 4.98 Å². The van der Waals surface area contributed by atoms with Gasteiger partial charge in [0, 0.05) is 48.2 Å². The molecule has 6 nitrogen and oxygen atoms in total. The highest BCUT2D eigenvalue weighted by Gasteiger charge is 2.31. The molecule has 7 heteroatoms. The van der Waals surface area contributed by atoms with Crippen molar-refractivity contribution in [3.05, 3.63) is 65.4 Å². The smallest absolute Gasteiger partial charge is 0.407 e. The van der Waals surface area contributed by atoms with Gasteiger partial charge < -0.3 is 19.3 Å². The fourth-order valence-electron chi connectivity index (χ4n) is 3.98. The van der Waals surface area contributed by atoms with E-state index in [1.165, 1.54) is 0 Å². The maximum absolute atomic E-state index is 11.6. The molecule has 0 radical (unpaired) electrons. The van der Waals surface area contributed by atoms with Crippen molar-refractivity contribution in [1.82, 2.24) is 14.5 Å². The van der Waals surface area contributed by atoms with Gasteiger partial charge in [-0.2, -0.15) is 0 Å². The van der Waals surface area contributed by atoms with Crippen molar-refractivity contribution in [3.63, 3.8) is 0 Å². The van der Waals surface area contributed by atoms with Gasteiger partial charge in [-0.05, 0) is 61.6 Å². The van der Waals surface area contributed by atoms with E-state index in [0.29, 0.717) is 19.1 Å². The van der Waals surface area contributed by atoms with Gasteiger partial charge in [0.05, 0.1) is 12.1 Å². The molecule has 2 unspecified atom stereocenters. The predicted molar refractivity (Wildman–Crippen MR) is 113 cm³/mol. The monoisotopic (exact) mass is 411 g/mol. The number of ether oxygens (including phenoxy) is 1. The molecule has 0 aliphatic carbocycles. The van der Waals surface area contributed by atoms with Gasteiger partial charge in [0.15, 0.2) is 0 Å². The first-order valence-corrected chi connectivity index (χ1v) is 10.8. The highest BCUT2D eigenvalue weighted by molar-refractivity contribution is 7.09. The number of amides is 1. The molecule has 3 heterocycles. The lowest BCUT2D eigenvalue weighted by molar-refractivity contribution is 0.0845. The van der Waals surface area contributed by atoms with E-state index >= 15 is 0 Å². The number of likely N-dealkylation sites (tertiary alicyclic amines) is 1. The molecule has 1 aliphatic rings. The molecule has 152 valence electrons. The largest absolute Gasteiger partial charge is 0.494 e. The van der Waals surface area contributed by atoms with E-state index in [0.717, 1.165) is 42.0 Å². The fraction of sp³-hybridized carbons (Fsp3) is 0.364. The van der Waals surface area contributed by atoms with E-state index in [1.807, 2.05) is 55.0 Å². The minimum Gasteiger partial charge on any atom is -0.494 e. The van der Waals surface area contributed by atoms with Crippen LogP contribution in [0.3, 0.4) is 0 Å². The molecule has 2 atom stereocenters. The Morgan fingerprint density at radius 2 is 2.03 bits per heavy atom. The number of carbonyl (C=O) groups is 1. The molecule has 0 bridgehead atoms. The number of piperidine rings is 1. The van der Waals surface area contributed by atoms with Crippen LogP contribution in [0.25, 0.3) is 5.69 Å². The third-order valence-corrected chi connectivity index (χ3v) is 6.33. The zero-order valence-corrected chi connectivity index (χ0v) is 17.0. The van der Waals surface area contributed by atoms with E-state index in [2.05, 4.69) is 9.55 Å². The highest BCUT2D eigenvalue weighted by Crippen LogP contribution is 2.29. The molecule has 0 spiro atoms. The van der Waals surface area contributed by atoms with Crippen LogP contribution in [-0.4, -0.2) is 44.8 Å². The van der Waals surface area contributed by atoms with Crippen LogP contribution in [0.4, 0.5) is 4.79 Å². The Morgan fingerprint density at radius 1 is 1.24 bits per heavy atom. The van der Waals surface area contributed by atoms with Crippen molar-refractivity contribution in [2.45, 2.75) is 31.7 Å². The second-order valence-corrected chi connectivity index (χ2v) is 8.38. The van der Waals surface area contributed by atoms with Crippen LogP contribution < -0.4 is 4.74 Å². The normalized spacial score (nSPS) is 19.2. The topological polar surface area (TPSA) is 67.6 Å². The summed E-state index contributed by atoms with van der Waals surface area (Å²) in [5.74, 6) is 1.34. The Hall–Kier alpha value is -2.80. The van der Waals surface area contributed by atoms with E-state index in [9.17, 15) is 9.90 Å². The van der Waals surface area contributed by atoms with Gasteiger partial charge in [0.2, 0.25) is 0 Å². The molecule has 1 aliphatic heterocycles. The molecule has 1 amide bonds. The average molecular weight is 412 g/mol. The van der Waals surface area contributed by atoms with Crippen molar-refractivity contribution in [3.8, 4) is 11.4 Å². The standard InChI is InChI=1S/C22H25N3O3S/c26-22(27)25-11-7-17(13-19(25)14-21-15-23-16-29-21)8-12-28-20-5-3-18(4-6-20)24-9-1-2-10-24/h1-6,9-10,15-17,19H,7-8,11-14H2,(H,26,27). The lowest BCUT2D eigenvalue weighted by Gasteiger charge is -2.37. The van der Waals surface area contributed by atoms with Crippen LogP contribution in [0.1, 0.15) is 24.1 Å². The summed E-state index contributed by atoms with van der Waals surface area (Å²) >= 11 is 1.59. The third-order valence-electron chi connectivity index (χ3n) is 5.52. The molecule has 1 aromatic carbocycles. The minimum atomic E-state index is -0.822. The third kappa shape index (κ3) is 4.98. The summed E-state index contributed by atoms with van der Waals surface area (Å²) in [5, 5.41) is 9.53. The van der Waals surface area contributed by atoms with Crippen molar-refractivity contribution in [1.29, 1.82) is 0 Å². The number of aromatic nitrogens is 2. The Kier molecular flexibility index (Phi) is 6.14. The van der Waals surface area contributed by atoms with Gasteiger partial charge in [0.1, 0.15) is 5.75 Å². The minimum absolute atomic E-state index is 0.0209. The number of benzene rings is 1. The summed E-state index contributed by atoms with van der Waals surface area (Å²) in [6.45, 7) is 1.24. The van der Waals surface area contributed by atoms with Gasteiger partial charge in [0.25, 0.3) is 0 Å². The van der Waals surface area contributed by atoms with Gasteiger partial charge >= 0.3 is 6.09 Å². The molecule has 2 aromatic heterocycles. The molecular weight excluding hydrogens is 386 g/mol. The molecule has 0 saturated carbocycles. The van der Waals surface area contributed by atoms with Crippen molar-refractivity contribution in [2.24, 2.45) is 5.92 Å². The Bertz CT molecular complexity index is 894. The Balaban J connectivity index is 1.28. The summed E-state index contributed by atoms with van der Waals surface area (Å²) in [4.78, 5) is 18.4. The first kappa shape index (κ1) is 19.5. The Morgan fingerprint density at radius 3 is 2.72 bits per heavy atom. The molecule has 1 fully saturated rings. The molecule has 3 aromatic rings. The maximum Gasteiger partial charge on any atom is 0.407 e. The van der Waals surface area contributed by atoms with Crippen LogP contribution in [-0.2, 0) is 6.42 Å². The second-order valence-electron chi connectivity index (χ2n) is 7.41. The van der Waals surface area contributed by atoms with E-state index in [4.69, 9.17) is 4.74 Å². The molecule has 1 N–H and O–H groups in total. The van der Waals surface area contributed by atoms with Crippen LogP contribution >= 0.6 is 11.3 Å². The van der Waals surface area contributed by atoms with Crippen molar-refractivity contribution >= 4 is 17.4 Å². The Labute approximate surface area is 174 Å². The summed E-state index contributed by atoms with van der Waals surface area (Å²) in [6.07, 6.45) is 8.50. The van der Waals surface area contributed by atoms with E-state index < -0.39 is 6.09 Å². The number of hydrogen-bond donors (Lipinski definition) is 1. The molecule has 1 saturated heterocycles. The number of rotatable bonds is 7. The first-order valence-electron chi connectivity index (χ1n) is 9.92. The number of hydrogen-bond acceptors (Lipinski definition) is 4. The summed E-state index contributed by atoms with van der Waals surface area (Å²) in [6, 6.07) is 12.1. The molecule has 4 rings (SSSR count). The van der Waals surface area contributed by atoms with Crippen LogP contribution in [0.5, 0.6) is 5.75 Å². The lowest BCUT2D eigenvalue weighted by atomic mass is 9.87. The van der Waals surface area contributed by atoms with Crippen molar-refractivity contribution in [2.75, 3.05) is 13.2 Å². The van der Waals surface area contributed by atoms with Crippen LogP contribution in [0.15, 0.2) is 60.5 Å². The van der Waals surface area contributed by atoms with Crippen molar-refractivity contribution < 1.29 is 14.6 Å². The summed E-state index contributed by atoms with van der Waals surface area (Å²) in [7, 11) is 0. The molecule has 29 heavy (non-hydrogen) atoms. The number of carboxylic acid groups (broad SMARTS) is 1. The van der Waals surface area contributed by atoms with Crippen LogP contribution in [0.2, 0.25) is 0 Å². The molecular formula is C22H25N3O3S. The zero-order valence-electron chi connectivity index (χ0n) is 16.2. The zero-order chi connectivity index (χ0) is 20.1. The summed E-state index contributed by atoms with van der Waals surface area (Å²) < 4.78 is 8.01. The van der Waals surface area contributed by atoms with Gasteiger partial charge in [-0.25, -0.2) is 4.79 Å². The van der Waals surface area contributed by atoms with Gasteiger partial charge in [-0.1, -0.05) is 0 Å². The number of thiazole rings is 1. The lowest BCUT2D eigenvalue weighted by Crippen LogP contribution is -2.46. The quantitative estimate of drug-likeness (QED) is 0.612. The predicted octanol–water partition coefficient (Wildman–Crippen LogP) is 4.70. The SMILES string of the molecule is O=C(O)N1CCC(CCOc2ccc(-n3cccc3)cc2)CC1Cc1cncs1. The maximum atomic E-state index is 11.6. The average Bonchev–Trinajstić information content (AvgIpc) is 3.43.